The Morgan fingerprint density at radius 1 is 1.00 bits per heavy atom. The first kappa shape index (κ1) is 14.1. The van der Waals surface area contributed by atoms with Crippen LogP contribution in [0.4, 0.5) is 8.78 Å². The van der Waals surface area contributed by atoms with E-state index in [1.165, 1.54) is 29.5 Å². The molecule has 0 saturated heterocycles. The Hall–Kier alpha value is -2.53. The van der Waals surface area contributed by atoms with Crippen molar-refractivity contribution in [1.82, 2.24) is 9.38 Å². The zero-order chi connectivity index (χ0) is 16.0. The molecule has 0 aliphatic heterocycles. The molecule has 5 heteroatoms. The number of fused-ring (bicyclic) bond motifs is 1. The van der Waals surface area contributed by atoms with Crippen molar-refractivity contribution >= 4 is 16.3 Å². The van der Waals surface area contributed by atoms with E-state index in [0.717, 1.165) is 27.5 Å². The summed E-state index contributed by atoms with van der Waals surface area (Å²) in [6.45, 7) is 1.73. The van der Waals surface area contributed by atoms with Crippen molar-refractivity contribution in [2.45, 2.75) is 6.92 Å². The van der Waals surface area contributed by atoms with Gasteiger partial charge in [0.2, 0.25) is 0 Å². The van der Waals surface area contributed by atoms with Crippen LogP contribution in [-0.4, -0.2) is 9.38 Å². The maximum atomic E-state index is 14.0. The van der Waals surface area contributed by atoms with Gasteiger partial charge in [-0.1, -0.05) is 12.1 Å². The average Bonchev–Trinajstić information content (AvgIpc) is 3.11. The van der Waals surface area contributed by atoms with E-state index in [4.69, 9.17) is 0 Å². The largest absolute Gasteiger partial charge is 0.290 e. The van der Waals surface area contributed by atoms with Crippen molar-refractivity contribution < 1.29 is 8.78 Å². The molecule has 4 aromatic rings. The zero-order valence-electron chi connectivity index (χ0n) is 12.3. The van der Waals surface area contributed by atoms with Crippen molar-refractivity contribution in [2.75, 3.05) is 0 Å². The Morgan fingerprint density at radius 2 is 1.74 bits per heavy atom. The van der Waals surface area contributed by atoms with E-state index < -0.39 is 0 Å². The van der Waals surface area contributed by atoms with Crippen LogP contribution >= 0.6 is 11.3 Å². The fourth-order valence-corrected chi connectivity index (χ4v) is 3.32. The van der Waals surface area contributed by atoms with Crippen LogP contribution in [0.15, 0.2) is 54.0 Å². The molecule has 4 rings (SSSR count). The van der Waals surface area contributed by atoms with E-state index in [9.17, 15) is 8.78 Å². The normalized spacial score (nSPS) is 11.3. The second-order valence-corrected chi connectivity index (χ2v) is 6.21. The minimum absolute atomic E-state index is 0.252. The number of thiazole rings is 1. The summed E-state index contributed by atoms with van der Waals surface area (Å²) in [6.07, 6.45) is 1.91. The van der Waals surface area contributed by atoms with Crippen LogP contribution in [0.3, 0.4) is 0 Å². The molecule has 0 spiro atoms. The number of benzene rings is 2. The predicted octanol–water partition coefficient (Wildman–Crippen LogP) is 5.32. The molecule has 0 bridgehead atoms. The van der Waals surface area contributed by atoms with Crippen LogP contribution in [0.2, 0.25) is 0 Å². The highest BCUT2D eigenvalue weighted by molar-refractivity contribution is 7.15. The van der Waals surface area contributed by atoms with Gasteiger partial charge in [-0.2, -0.15) is 0 Å². The second-order valence-electron chi connectivity index (χ2n) is 5.34. The monoisotopic (exact) mass is 326 g/mol. The van der Waals surface area contributed by atoms with Crippen molar-refractivity contribution in [3.05, 3.63) is 71.2 Å². The molecule has 0 saturated carbocycles. The number of aryl methyl sites for hydroxylation is 1. The molecule has 0 aliphatic rings. The lowest BCUT2D eigenvalue weighted by Gasteiger charge is -2.06. The molecule has 0 aliphatic carbocycles. The molecule has 0 radical (unpaired) electrons. The SMILES string of the molecule is Cc1ccc(-c2c(-c3ccc(F)cc3)nc3sccn23)cc1F. The third-order valence-corrected chi connectivity index (χ3v) is 4.58. The first-order valence-electron chi connectivity index (χ1n) is 7.11. The second kappa shape index (κ2) is 5.28. The number of rotatable bonds is 2. The van der Waals surface area contributed by atoms with Gasteiger partial charge in [0.15, 0.2) is 4.96 Å². The summed E-state index contributed by atoms with van der Waals surface area (Å²) in [5.74, 6) is -0.546. The number of halogens is 2. The standard InChI is InChI=1S/C18H12F2N2S/c1-11-2-3-13(10-15(11)20)17-16(12-4-6-14(19)7-5-12)21-18-22(17)8-9-23-18/h2-10H,1H3. The summed E-state index contributed by atoms with van der Waals surface area (Å²) < 4.78 is 29.1. The van der Waals surface area contributed by atoms with Crippen molar-refractivity contribution in [3.8, 4) is 22.5 Å². The van der Waals surface area contributed by atoms with Gasteiger partial charge in [0.1, 0.15) is 11.6 Å². The van der Waals surface area contributed by atoms with Gasteiger partial charge >= 0.3 is 0 Å². The summed E-state index contributed by atoms with van der Waals surface area (Å²) in [7, 11) is 0. The Bertz CT molecular complexity index is 1000. The maximum absolute atomic E-state index is 14.0. The summed E-state index contributed by atoms with van der Waals surface area (Å²) in [4.78, 5) is 5.46. The van der Waals surface area contributed by atoms with E-state index in [-0.39, 0.29) is 11.6 Å². The highest BCUT2D eigenvalue weighted by Crippen LogP contribution is 2.34. The molecule has 2 nitrogen and oxygen atoms in total. The number of imidazole rings is 1. The van der Waals surface area contributed by atoms with Crippen molar-refractivity contribution in [3.63, 3.8) is 0 Å². The minimum Gasteiger partial charge on any atom is -0.290 e. The molecule has 0 unspecified atom stereocenters. The van der Waals surface area contributed by atoms with Crippen LogP contribution < -0.4 is 0 Å². The van der Waals surface area contributed by atoms with Crippen molar-refractivity contribution in [1.29, 1.82) is 0 Å². The van der Waals surface area contributed by atoms with Crippen LogP contribution in [0.1, 0.15) is 5.56 Å². The van der Waals surface area contributed by atoms with Gasteiger partial charge in [-0.05, 0) is 42.8 Å². The lowest BCUT2D eigenvalue weighted by molar-refractivity contribution is 0.619. The number of hydrogen-bond acceptors (Lipinski definition) is 2. The summed E-state index contributed by atoms with van der Waals surface area (Å²) in [6, 6.07) is 11.3. The Morgan fingerprint density at radius 3 is 2.48 bits per heavy atom. The first-order chi connectivity index (χ1) is 11.1. The van der Waals surface area contributed by atoms with Crippen LogP contribution in [0.5, 0.6) is 0 Å². The maximum Gasteiger partial charge on any atom is 0.194 e. The molecule has 0 N–H and O–H groups in total. The van der Waals surface area contributed by atoms with Crippen LogP contribution in [-0.2, 0) is 0 Å². The highest BCUT2D eigenvalue weighted by atomic mass is 32.1. The molecular weight excluding hydrogens is 314 g/mol. The predicted molar refractivity (Wildman–Crippen MR) is 88.6 cm³/mol. The first-order valence-corrected chi connectivity index (χ1v) is 7.99. The van der Waals surface area contributed by atoms with Gasteiger partial charge in [0.25, 0.3) is 0 Å². The molecule has 0 atom stereocenters. The topological polar surface area (TPSA) is 17.3 Å². The van der Waals surface area contributed by atoms with Gasteiger partial charge in [-0.3, -0.25) is 4.40 Å². The average molecular weight is 326 g/mol. The van der Waals surface area contributed by atoms with Gasteiger partial charge in [-0.15, -0.1) is 11.3 Å². The Labute approximate surface area is 135 Å². The van der Waals surface area contributed by atoms with Gasteiger partial charge in [-0.25, -0.2) is 13.8 Å². The third kappa shape index (κ3) is 2.33. The van der Waals surface area contributed by atoms with E-state index in [0.29, 0.717) is 5.56 Å². The lowest BCUT2D eigenvalue weighted by atomic mass is 10.0. The number of hydrogen-bond donors (Lipinski definition) is 0. The number of nitrogens with zero attached hydrogens (tertiary/aromatic N) is 2. The summed E-state index contributed by atoms with van der Waals surface area (Å²) in [5.41, 5.74) is 3.69. The molecule has 23 heavy (non-hydrogen) atoms. The van der Waals surface area contributed by atoms with E-state index in [1.54, 1.807) is 25.1 Å². The molecule has 114 valence electrons. The quantitative estimate of drug-likeness (QED) is 0.487. The molecule has 2 aromatic carbocycles. The molecule has 0 fully saturated rings. The highest BCUT2D eigenvalue weighted by Gasteiger charge is 2.17. The minimum atomic E-state index is -0.294. The van der Waals surface area contributed by atoms with Crippen LogP contribution in [0, 0.1) is 18.6 Å². The third-order valence-electron chi connectivity index (χ3n) is 3.83. The molecular formula is C18H12F2N2S. The van der Waals surface area contributed by atoms with Crippen LogP contribution in [0.25, 0.3) is 27.5 Å². The van der Waals surface area contributed by atoms with E-state index in [1.807, 2.05) is 22.0 Å². The van der Waals surface area contributed by atoms with E-state index in [2.05, 4.69) is 4.98 Å². The van der Waals surface area contributed by atoms with Gasteiger partial charge in [0.05, 0.1) is 11.4 Å². The molecule has 2 aromatic heterocycles. The van der Waals surface area contributed by atoms with E-state index >= 15 is 0 Å². The fraction of sp³-hybridized carbons (Fsp3) is 0.0556. The van der Waals surface area contributed by atoms with Gasteiger partial charge in [0, 0.05) is 22.7 Å². The fourth-order valence-electron chi connectivity index (χ4n) is 2.61. The Balaban J connectivity index is 2.00. The summed E-state index contributed by atoms with van der Waals surface area (Å²) in [5, 5.41) is 1.94. The molecule has 0 amide bonds. The van der Waals surface area contributed by atoms with Crippen molar-refractivity contribution in [2.24, 2.45) is 0 Å². The lowest BCUT2D eigenvalue weighted by Crippen LogP contribution is -1.90. The molecule has 2 heterocycles. The zero-order valence-corrected chi connectivity index (χ0v) is 13.1. The summed E-state index contributed by atoms with van der Waals surface area (Å²) >= 11 is 1.51. The smallest absolute Gasteiger partial charge is 0.194 e. The Kier molecular flexibility index (Phi) is 3.23. The van der Waals surface area contributed by atoms with Gasteiger partial charge < -0.3 is 0 Å². The number of aromatic nitrogens is 2.